The number of hydrogen-bond donors (Lipinski definition) is 1. The maximum atomic E-state index is 13.2. The third-order valence-electron chi connectivity index (χ3n) is 1.85. The average molecular weight is 222 g/mol. The molecule has 0 saturated heterocycles. The van der Waals surface area contributed by atoms with Gasteiger partial charge in [-0.05, 0) is 24.3 Å². The standard InChI is InChI=1S/C11H8F2N2O/c1-15-11(16)8(6-14)4-7-5-9(12)2-3-10(7)13/h2-5H,1H3,(H,15,16). The summed E-state index contributed by atoms with van der Waals surface area (Å²) in [4.78, 5) is 11.1. The van der Waals surface area contributed by atoms with Gasteiger partial charge in [-0.3, -0.25) is 4.79 Å². The molecule has 1 amide bonds. The van der Waals surface area contributed by atoms with E-state index in [1.807, 2.05) is 0 Å². The van der Waals surface area contributed by atoms with Crippen molar-refractivity contribution in [1.82, 2.24) is 5.32 Å². The largest absolute Gasteiger partial charge is 0.354 e. The Kier molecular flexibility index (Phi) is 3.72. The lowest BCUT2D eigenvalue weighted by atomic mass is 10.1. The predicted octanol–water partition coefficient (Wildman–Crippen LogP) is 1.62. The molecular formula is C11H8F2N2O. The van der Waals surface area contributed by atoms with Crippen LogP contribution in [-0.2, 0) is 4.79 Å². The topological polar surface area (TPSA) is 52.9 Å². The maximum absolute atomic E-state index is 13.2. The molecule has 0 saturated carbocycles. The summed E-state index contributed by atoms with van der Waals surface area (Å²) in [6.07, 6.45) is 0.997. The number of benzene rings is 1. The number of halogens is 2. The first-order chi connectivity index (χ1) is 7.58. The Hall–Kier alpha value is -2.22. The molecule has 0 heterocycles. The van der Waals surface area contributed by atoms with Gasteiger partial charge in [0.1, 0.15) is 23.3 Å². The van der Waals surface area contributed by atoms with Crippen molar-refractivity contribution in [2.75, 3.05) is 7.05 Å². The van der Waals surface area contributed by atoms with Gasteiger partial charge in [-0.25, -0.2) is 8.78 Å². The van der Waals surface area contributed by atoms with Crippen molar-refractivity contribution in [2.24, 2.45) is 0 Å². The van der Waals surface area contributed by atoms with Gasteiger partial charge < -0.3 is 5.32 Å². The first-order valence-corrected chi connectivity index (χ1v) is 4.37. The van der Waals surface area contributed by atoms with E-state index in [9.17, 15) is 13.6 Å². The highest BCUT2D eigenvalue weighted by Crippen LogP contribution is 2.13. The van der Waals surface area contributed by atoms with E-state index < -0.39 is 17.5 Å². The molecule has 0 aromatic heterocycles. The highest BCUT2D eigenvalue weighted by Gasteiger charge is 2.08. The van der Waals surface area contributed by atoms with Crippen LogP contribution in [0.25, 0.3) is 6.08 Å². The van der Waals surface area contributed by atoms with Crippen molar-refractivity contribution < 1.29 is 13.6 Å². The van der Waals surface area contributed by atoms with Crippen molar-refractivity contribution in [3.8, 4) is 6.07 Å². The van der Waals surface area contributed by atoms with Gasteiger partial charge in [-0.1, -0.05) is 0 Å². The third kappa shape index (κ3) is 2.64. The highest BCUT2D eigenvalue weighted by molar-refractivity contribution is 6.01. The minimum atomic E-state index is -0.696. The SMILES string of the molecule is CNC(=O)C(C#N)=Cc1cc(F)ccc1F. The second-order valence-electron chi connectivity index (χ2n) is 2.91. The normalized spacial score (nSPS) is 10.8. The van der Waals surface area contributed by atoms with E-state index >= 15 is 0 Å². The van der Waals surface area contributed by atoms with Crippen LogP contribution in [0.5, 0.6) is 0 Å². The number of amides is 1. The maximum Gasteiger partial charge on any atom is 0.261 e. The van der Waals surface area contributed by atoms with E-state index in [4.69, 9.17) is 5.26 Å². The molecule has 1 rings (SSSR count). The lowest BCUT2D eigenvalue weighted by Crippen LogP contribution is -2.19. The summed E-state index contributed by atoms with van der Waals surface area (Å²) in [5.41, 5.74) is -0.424. The van der Waals surface area contributed by atoms with Crippen molar-refractivity contribution in [1.29, 1.82) is 5.26 Å². The first kappa shape index (κ1) is 11.9. The Balaban J connectivity index is 3.19. The molecule has 0 aliphatic carbocycles. The summed E-state index contributed by atoms with van der Waals surface area (Å²) < 4.78 is 26.0. The van der Waals surface area contributed by atoms with Gasteiger partial charge in [0.25, 0.3) is 5.91 Å². The van der Waals surface area contributed by atoms with Crippen LogP contribution >= 0.6 is 0 Å². The molecule has 5 heteroatoms. The van der Waals surface area contributed by atoms with Gasteiger partial charge in [-0.2, -0.15) is 5.26 Å². The van der Waals surface area contributed by atoms with Gasteiger partial charge in [-0.15, -0.1) is 0 Å². The fourth-order valence-corrected chi connectivity index (χ4v) is 1.06. The number of likely N-dealkylation sites (N-methyl/N-ethyl adjacent to an activating group) is 1. The van der Waals surface area contributed by atoms with E-state index in [0.29, 0.717) is 0 Å². The van der Waals surface area contributed by atoms with Crippen LogP contribution in [0.15, 0.2) is 23.8 Å². The molecule has 3 nitrogen and oxygen atoms in total. The molecule has 0 bridgehead atoms. The van der Waals surface area contributed by atoms with Gasteiger partial charge >= 0.3 is 0 Å². The van der Waals surface area contributed by atoms with Crippen LogP contribution in [-0.4, -0.2) is 13.0 Å². The molecule has 0 fully saturated rings. The molecule has 1 aromatic carbocycles. The summed E-state index contributed by atoms with van der Waals surface area (Å²) in [7, 11) is 1.34. The number of carbonyl (C=O) groups is 1. The lowest BCUT2D eigenvalue weighted by molar-refractivity contribution is -0.116. The number of hydrogen-bond acceptors (Lipinski definition) is 2. The Morgan fingerprint density at radius 1 is 1.50 bits per heavy atom. The van der Waals surface area contributed by atoms with Crippen molar-refractivity contribution in [3.63, 3.8) is 0 Å². The van der Waals surface area contributed by atoms with Crippen LogP contribution < -0.4 is 5.32 Å². The Morgan fingerprint density at radius 3 is 2.75 bits per heavy atom. The third-order valence-corrected chi connectivity index (χ3v) is 1.85. The zero-order valence-electron chi connectivity index (χ0n) is 8.42. The smallest absolute Gasteiger partial charge is 0.261 e. The molecule has 82 valence electrons. The van der Waals surface area contributed by atoms with Crippen molar-refractivity contribution in [3.05, 3.63) is 41.0 Å². The Morgan fingerprint density at radius 2 is 2.19 bits per heavy atom. The second-order valence-corrected chi connectivity index (χ2v) is 2.91. The Bertz CT molecular complexity index is 489. The number of nitriles is 1. The van der Waals surface area contributed by atoms with Gasteiger partial charge in [0.15, 0.2) is 0 Å². The summed E-state index contributed by atoms with van der Waals surface area (Å²) in [6, 6.07) is 4.41. The summed E-state index contributed by atoms with van der Waals surface area (Å²) in [5.74, 6) is -1.98. The van der Waals surface area contributed by atoms with Crippen LogP contribution in [0.1, 0.15) is 5.56 Å². The quantitative estimate of drug-likeness (QED) is 0.610. The monoisotopic (exact) mass is 222 g/mol. The predicted molar refractivity (Wildman–Crippen MR) is 54.0 cm³/mol. The molecule has 1 N–H and O–H groups in total. The summed E-state index contributed by atoms with van der Waals surface area (Å²) in [6.45, 7) is 0. The summed E-state index contributed by atoms with van der Waals surface area (Å²) in [5, 5.41) is 10.9. The van der Waals surface area contributed by atoms with Crippen molar-refractivity contribution >= 4 is 12.0 Å². The van der Waals surface area contributed by atoms with Gasteiger partial charge in [0.2, 0.25) is 0 Å². The number of nitrogens with zero attached hydrogens (tertiary/aromatic N) is 1. The first-order valence-electron chi connectivity index (χ1n) is 4.37. The van der Waals surface area contributed by atoms with Gasteiger partial charge in [0, 0.05) is 12.6 Å². The number of nitrogens with one attached hydrogen (secondary N) is 1. The number of rotatable bonds is 2. The van der Waals surface area contributed by atoms with Crippen LogP contribution in [0, 0.1) is 23.0 Å². The molecule has 0 unspecified atom stereocenters. The minimum Gasteiger partial charge on any atom is -0.354 e. The number of carbonyl (C=O) groups excluding carboxylic acids is 1. The molecule has 0 aliphatic heterocycles. The molecular weight excluding hydrogens is 214 g/mol. The fraction of sp³-hybridized carbons (Fsp3) is 0.0909. The van der Waals surface area contributed by atoms with Crippen LogP contribution in [0.3, 0.4) is 0 Å². The zero-order chi connectivity index (χ0) is 12.1. The van der Waals surface area contributed by atoms with Crippen LogP contribution in [0.2, 0.25) is 0 Å². The van der Waals surface area contributed by atoms with E-state index in [2.05, 4.69) is 5.32 Å². The highest BCUT2D eigenvalue weighted by atomic mass is 19.1. The molecule has 1 aromatic rings. The van der Waals surface area contributed by atoms with Gasteiger partial charge in [0.05, 0.1) is 0 Å². The van der Waals surface area contributed by atoms with E-state index in [-0.39, 0.29) is 11.1 Å². The summed E-state index contributed by atoms with van der Waals surface area (Å²) >= 11 is 0. The lowest BCUT2D eigenvalue weighted by Gasteiger charge is -1.99. The van der Waals surface area contributed by atoms with Crippen molar-refractivity contribution in [2.45, 2.75) is 0 Å². The zero-order valence-corrected chi connectivity index (χ0v) is 8.42. The second kappa shape index (κ2) is 5.03. The minimum absolute atomic E-state index is 0.139. The Labute approximate surface area is 91.0 Å². The van der Waals surface area contributed by atoms with E-state index in [0.717, 1.165) is 24.3 Å². The molecule has 0 radical (unpaired) electrons. The molecule has 0 aliphatic rings. The van der Waals surface area contributed by atoms with E-state index in [1.54, 1.807) is 6.07 Å². The molecule has 0 spiro atoms. The fourth-order valence-electron chi connectivity index (χ4n) is 1.06. The van der Waals surface area contributed by atoms with E-state index in [1.165, 1.54) is 7.05 Å². The molecule has 0 atom stereocenters. The van der Waals surface area contributed by atoms with Crippen LogP contribution in [0.4, 0.5) is 8.78 Å². The molecule has 16 heavy (non-hydrogen) atoms. The average Bonchev–Trinajstić information content (AvgIpc) is 2.29.